The monoisotopic (exact) mass is 351 g/mol. The number of hydrogen-bond acceptors (Lipinski definition) is 2. The first-order valence-corrected chi connectivity index (χ1v) is 7.77. The molecule has 1 amide bonds. The van der Waals surface area contributed by atoms with E-state index in [1.54, 1.807) is 6.07 Å². The van der Waals surface area contributed by atoms with Gasteiger partial charge in [0.05, 0.1) is 5.56 Å². The quantitative estimate of drug-likeness (QED) is 0.840. The van der Waals surface area contributed by atoms with Gasteiger partial charge in [-0.05, 0) is 41.3 Å². The molecule has 0 fully saturated rings. The van der Waals surface area contributed by atoms with Crippen molar-refractivity contribution in [2.24, 2.45) is 0 Å². The fourth-order valence-electron chi connectivity index (χ4n) is 2.30. The summed E-state index contributed by atoms with van der Waals surface area (Å²) in [5.74, 6) is 0.168. The molecule has 2 aromatic carbocycles. The largest absolute Gasteiger partial charge is 0.483 e. The van der Waals surface area contributed by atoms with Gasteiger partial charge >= 0.3 is 6.18 Å². The van der Waals surface area contributed by atoms with E-state index in [1.807, 2.05) is 39.0 Å². The smallest absolute Gasteiger partial charge is 0.416 e. The number of carbonyl (C=O) groups excluding carboxylic acids is 1. The lowest BCUT2D eigenvalue weighted by molar-refractivity contribution is -0.137. The maximum Gasteiger partial charge on any atom is 0.416 e. The summed E-state index contributed by atoms with van der Waals surface area (Å²) in [5, 5.41) is 2.52. The molecule has 134 valence electrons. The van der Waals surface area contributed by atoms with Gasteiger partial charge in [-0.15, -0.1) is 0 Å². The van der Waals surface area contributed by atoms with Crippen molar-refractivity contribution in [2.45, 2.75) is 32.4 Å². The van der Waals surface area contributed by atoms with Crippen LogP contribution in [0.5, 0.6) is 5.75 Å². The van der Waals surface area contributed by atoms with E-state index in [4.69, 9.17) is 4.74 Å². The molecule has 2 aromatic rings. The zero-order chi connectivity index (χ0) is 18.7. The number of para-hydroxylation sites is 1. The van der Waals surface area contributed by atoms with Crippen LogP contribution in [-0.2, 0) is 16.4 Å². The van der Waals surface area contributed by atoms with Gasteiger partial charge in [-0.3, -0.25) is 4.79 Å². The second-order valence-corrected chi connectivity index (χ2v) is 6.66. The number of benzene rings is 2. The molecule has 0 aliphatic rings. The molecule has 25 heavy (non-hydrogen) atoms. The van der Waals surface area contributed by atoms with Crippen LogP contribution in [0.3, 0.4) is 0 Å². The lowest BCUT2D eigenvalue weighted by Crippen LogP contribution is -2.22. The molecular formula is C19H20F3NO2. The van der Waals surface area contributed by atoms with Crippen LogP contribution >= 0.6 is 0 Å². The summed E-state index contributed by atoms with van der Waals surface area (Å²) in [6.45, 7) is 5.89. The van der Waals surface area contributed by atoms with Gasteiger partial charge in [0.1, 0.15) is 5.75 Å². The number of rotatable bonds is 4. The minimum absolute atomic E-state index is 0.138. The molecule has 2 rings (SSSR count). The zero-order valence-electron chi connectivity index (χ0n) is 14.3. The van der Waals surface area contributed by atoms with Crippen LogP contribution < -0.4 is 10.1 Å². The van der Waals surface area contributed by atoms with Crippen molar-refractivity contribution in [3.8, 4) is 5.75 Å². The molecule has 0 aromatic heterocycles. The van der Waals surface area contributed by atoms with Crippen molar-refractivity contribution in [2.75, 3.05) is 11.9 Å². The fraction of sp³-hybridized carbons (Fsp3) is 0.316. The van der Waals surface area contributed by atoms with E-state index < -0.39 is 17.6 Å². The SMILES string of the molecule is CC(C)(C)c1ccccc1OCC(=O)Nc1ccc(C(F)(F)F)cc1. The minimum Gasteiger partial charge on any atom is -0.483 e. The van der Waals surface area contributed by atoms with Crippen LogP contribution in [0.4, 0.5) is 18.9 Å². The molecule has 1 N–H and O–H groups in total. The lowest BCUT2D eigenvalue weighted by atomic mass is 9.86. The van der Waals surface area contributed by atoms with E-state index in [0.717, 1.165) is 17.7 Å². The molecule has 0 saturated heterocycles. The number of alkyl halides is 3. The number of hydrogen-bond donors (Lipinski definition) is 1. The lowest BCUT2D eigenvalue weighted by Gasteiger charge is -2.22. The van der Waals surface area contributed by atoms with Crippen molar-refractivity contribution < 1.29 is 22.7 Å². The predicted molar refractivity (Wildman–Crippen MR) is 90.7 cm³/mol. The Labute approximate surface area is 144 Å². The number of anilines is 1. The third-order valence-corrected chi connectivity index (χ3v) is 3.55. The maximum absolute atomic E-state index is 12.5. The van der Waals surface area contributed by atoms with E-state index in [1.165, 1.54) is 12.1 Å². The first kappa shape index (κ1) is 18.8. The third-order valence-electron chi connectivity index (χ3n) is 3.55. The molecular weight excluding hydrogens is 331 g/mol. The average molecular weight is 351 g/mol. The first-order chi connectivity index (χ1) is 11.6. The Hall–Kier alpha value is -2.50. The van der Waals surface area contributed by atoms with E-state index in [9.17, 15) is 18.0 Å². The van der Waals surface area contributed by atoms with E-state index in [0.29, 0.717) is 5.75 Å². The maximum atomic E-state index is 12.5. The van der Waals surface area contributed by atoms with E-state index >= 15 is 0 Å². The Morgan fingerprint density at radius 2 is 1.60 bits per heavy atom. The van der Waals surface area contributed by atoms with Crippen LogP contribution in [0, 0.1) is 0 Å². The Balaban J connectivity index is 1.98. The van der Waals surface area contributed by atoms with Gasteiger partial charge in [-0.1, -0.05) is 39.0 Å². The van der Waals surface area contributed by atoms with Gasteiger partial charge < -0.3 is 10.1 Å². The van der Waals surface area contributed by atoms with Gasteiger partial charge in [-0.2, -0.15) is 13.2 Å². The number of carbonyl (C=O) groups is 1. The molecule has 6 heteroatoms. The number of nitrogens with one attached hydrogen (secondary N) is 1. The molecule has 3 nitrogen and oxygen atoms in total. The Bertz CT molecular complexity index is 732. The Morgan fingerprint density at radius 3 is 2.16 bits per heavy atom. The molecule has 0 aliphatic carbocycles. The standard InChI is InChI=1S/C19H20F3NO2/c1-18(2,3)15-6-4-5-7-16(15)25-12-17(24)23-14-10-8-13(9-11-14)19(20,21)22/h4-11H,12H2,1-3H3,(H,23,24). The van der Waals surface area contributed by atoms with Crippen molar-refractivity contribution in [1.29, 1.82) is 0 Å². The highest BCUT2D eigenvalue weighted by molar-refractivity contribution is 5.91. The van der Waals surface area contributed by atoms with Crippen LogP contribution in [0.15, 0.2) is 48.5 Å². The summed E-state index contributed by atoms with van der Waals surface area (Å²) in [6.07, 6.45) is -4.40. The Kier molecular flexibility index (Phi) is 5.40. The van der Waals surface area contributed by atoms with Crippen molar-refractivity contribution >= 4 is 11.6 Å². The number of ether oxygens (including phenoxy) is 1. The van der Waals surface area contributed by atoms with Crippen LogP contribution in [0.1, 0.15) is 31.9 Å². The third kappa shape index (κ3) is 5.24. The number of halogens is 3. The van der Waals surface area contributed by atoms with Crippen molar-refractivity contribution in [3.05, 3.63) is 59.7 Å². The second-order valence-electron chi connectivity index (χ2n) is 6.66. The summed E-state index contributed by atoms with van der Waals surface area (Å²) in [4.78, 5) is 12.0. The molecule has 0 atom stereocenters. The summed E-state index contributed by atoms with van der Waals surface area (Å²) in [6, 6.07) is 11.7. The van der Waals surface area contributed by atoms with Crippen LogP contribution in [-0.4, -0.2) is 12.5 Å². The number of amides is 1. The molecule has 0 spiro atoms. The fourth-order valence-corrected chi connectivity index (χ4v) is 2.30. The van der Waals surface area contributed by atoms with Gasteiger partial charge in [-0.25, -0.2) is 0 Å². The molecule has 0 aliphatic heterocycles. The molecule has 0 unspecified atom stereocenters. The van der Waals surface area contributed by atoms with E-state index in [-0.39, 0.29) is 17.7 Å². The summed E-state index contributed by atoms with van der Waals surface area (Å²) < 4.78 is 43.1. The van der Waals surface area contributed by atoms with Crippen LogP contribution in [0.2, 0.25) is 0 Å². The van der Waals surface area contributed by atoms with Crippen molar-refractivity contribution in [1.82, 2.24) is 0 Å². The van der Waals surface area contributed by atoms with Gasteiger partial charge in [0.25, 0.3) is 5.91 Å². The van der Waals surface area contributed by atoms with Gasteiger partial charge in [0.15, 0.2) is 6.61 Å². The highest BCUT2D eigenvalue weighted by Crippen LogP contribution is 2.31. The summed E-state index contributed by atoms with van der Waals surface area (Å²) in [5.41, 5.74) is 0.351. The Morgan fingerprint density at radius 1 is 1.00 bits per heavy atom. The normalized spacial score (nSPS) is 11.9. The average Bonchev–Trinajstić information content (AvgIpc) is 2.52. The predicted octanol–water partition coefficient (Wildman–Crippen LogP) is 5.02. The highest BCUT2D eigenvalue weighted by atomic mass is 19.4. The molecule has 0 radical (unpaired) electrons. The topological polar surface area (TPSA) is 38.3 Å². The van der Waals surface area contributed by atoms with Crippen LogP contribution in [0.25, 0.3) is 0 Å². The molecule has 0 saturated carbocycles. The first-order valence-electron chi connectivity index (χ1n) is 7.77. The minimum atomic E-state index is -4.40. The molecule has 0 heterocycles. The van der Waals surface area contributed by atoms with E-state index in [2.05, 4.69) is 5.32 Å². The second kappa shape index (κ2) is 7.17. The summed E-state index contributed by atoms with van der Waals surface area (Å²) in [7, 11) is 0. The summed E-state index contributed by atoms with van der Waals surface area (Å²) >= 11 is 0. The highest BCUT2D eigenvalue weighted by Gasteiger charge is 2.30. The van der Waals surface area contributed by atoms with Gasteiger partial charge in [0.2, 0.25) is 0 Å². The van der Waals surface area contributed by atoms with Gasteiger partial charge in [0, 0.05) is 5.69 Å². The molecule has 0 bridgehead atoms. The van der Waals surface area contributed by atoms with Crippen molar-refractivity contribution in [3.63, 3.8) is 0 Å². The zero-order valence-corrected chi connectivity index (χ0v) is 14.3.